The van der Waals surface area contributed by atoms with Crippen LogP contribution in [0.1, 0.15) is 17.4 Å². The van der Waals surface area contributed by atoms with Gasteiger partial charge in [0.2, 0.25) is 0 Å². The first-order valence-electron chi connectivity index (χ1n) is 4.48. The standard InChI is InChI=1S/C11H13NO2/c1-12-6-5-8-3-4-9(13)7-10(8)11(12)14-2/h3-7,11,13H,1-2H3. The summed E-state index contributed by atoms with van der Waals surface area (Å²) in [6.07, 6.45) is 3.86. The molecule has 3 nitrogen and oxygen atoms in total. The summed E-state index contributed by atoms with van der Waals surface area (Å²) in [7, 11) is 3.60. The van der Waals surface area contributed by atoms with Crippen LogP contribution in [-0.4, -0.2) is 24.2 Å². The van der Waals surface area contributed by atoms with Gasteiger partial charge in [-0.2, -0.15) is 0 Å². The minimum Gasteiger partial charge on any atom is -0.508 e. The Hall–Kier alpha value is -1.48. The fourth-order valence-electron chi connectivity index (χ4n) is 1.72. The molecule has 1 unspecified atom stereocenters. The number of hydrogen-bond donors (Lipinski definition) is 1. The SMILES string of the molecule is COC1c2cc(O)ccc2C=CN1C. The van der Waals surface area contributed by atoms with Crippen molar-refractivity contribution in [2.75, 3.05) is 14.2 Å². The van der Waals surface area contributed by atoms with E-state index in [4.69, 9.17) is 4.74 Å². The molecule has 1 N–H and O–H groups in total. The second kappa shape index (κ2) is 3.35. The number of benzene rings is 1. The van der Waals surface area contributed by atoms with Crippen molar-refractivity contribution in [2.24, 2.45) is 0 Å². The van der Waals surface area contributed by atoms with E-state index in [0.29, 0.717) is 0 Å². The fourth-order valence-corrected chi connectivity index (χ4v) is 1.72. The summed E-state index contributed by atoms with van der Waals surface area (Å²) >= 11 is 0. The van der Waals surface area contributed by atoms with E-state index in [-0.39, 0.29) is 12.0 Å². The van der Waals surface area contributed by atoms with E-state index < -0.39 is 0 Å². The number of phenols is 1. The van der Waals surface area contributed by atoms with Crippen LogP contribution in [0.25, 0.3) is 6.08 Å². The molecule has 0 saturated heterocycles. The van der Waals surface area contributed by atoms with Crippen molar-refractivity contribution < 1.29 is 9.84 Å². The lowest BCUT2D eigenvalue weighted by molar-refractivity contribution is 0.00483. The van der Waals surface area contributed by atoms with Gasteiger partial charge in [-0.15, -0.1) is 0 Å². The number of methoxy groups -OCH3 is 1. The molecule has 0 aliphatic carbocycles. The van der Waals surface area contributed by atoms with Crippen LogP contribution >= 0.6 is 0 Å². The van der Waals surface area contributed by atoms with Gasteiger partial charge in [-0.25, -0.2) is 0 Å². The number of hydrogen-bond acceptors (Lipinski definition) is 3. The zero-order chi connectivity index (χ0) is 10.1. The van der Waals surface area contributed by atoms with E-state index in [1.165, 1.54) is 0 Å². The molecular formula is C11H13NO2. The van der Waals surface area contributed by atoms with Gasteiger partial charge in [0.15, 0.2) is 6.23 Å². The Balaban J connectivity index is 2.50. The van der Waals surface area contributed by atoms with E-state index in [0.717, 1.165) is 11.1 Å². The third kappa shape index (κ3) is 1.36. The lowest BCUT2D eigenvalue weighted by Gasteiger charge is -2.30. The molecule has 1 aliphatic rings. The summed E-state index contributed by atoms with van der Waals surface area (Å²) in [5.41, 5.74) is 2.09. The molecule has 0 spiro atoms. The molecule has 1 aromatic carbocycles. The molecule has 0 saturated carbocycles. The van der Waals surface area contributed by atoms with E-state index in [2.05, 4.69) is 0 Å². The van der Waals surface area contributed by atoms with Crippen molar-refractivity contribution in [3.05, 3.63) is 35.5 Å². The average Bonchev–Trinajstić information content (AvgIpc) is 2.17. The van der Waals surface area contributed by atoms with E-state index in [1.54, 1.807) is 19.2 Å². The molecule has 74 valence electrons. The van der Waals surface area contributed by atoms with Gasteiger partial charge in [-0.3, -0.25) is 0 Å². The topological polar surface area (TPSA) is 32.7 Å². The van der Waals surface area contributed by atoms with E-state index >= 15 is 0 Å². The normalized spacial score (nSPS) is 19.6. The van der Waals surface area contributed by atoms with Crippen LogP contribution in [0, 0.1) is 0 Å². The van der Waals surface area contributed by atoms with Gasteiger partial charge in [-0.05, 0) is 23.8 Å². The van der Waals surface area contributed by atoms with Crippen LogP contribution in [0.3, 0.4) is 0 Å². The highest BCUT2D eigenvalue weighted by molar-refractivity contribution is 5.58. The highest BCUT2D eigenvalue weighted by Crippen LogP contribution is 2.31. The van der Waals surface area contributed by atoms with E-state index in [9.17, 15) is 5.11 Å². The summed E-state index contributed by atoms with van der Waals surface area (Å²) in [6, 6.07) is 5.31. The van der Waals surface area contributed by atoms with Gasteiger partial charge < -0.3 is 14.7 Å². The molecule has 14 heavy (non-hydrogen) atoms. The summed E-state index contributed by atoms with van der Waals surface area (Å²) in [6.45, 7) is 0. The molecule has 1 aliphatic heterocycles. The number of rotatable bonds is 1. The van der Waals surface area contributed by atoms with Crippen molar-refractivity contribution >= 4 is 6.08 Å². The first kappa shape index (κ1) is 9.09. The maximum atomic E-state index is 9.39. The number of phenolic OH excluding ortho intramolecular Hbond substituents is 1. The third-order valence-electron chi connectivity index (χ3n) is 2.42. The Morgan fingerprint density at radius 2 is 2.21 bits per heavy atom. The number of fused-ring (bicyclic) bond motifs is 1. The molecule has 0 aromatic heterocycles. The van der Waals surface area contributed by atoms with E-state index in [1.807, 2.05) is 30.3 Å². The maximum absolute atomic E-state index is 9.39. The number of aromatic hydroxyl groups is 1. The van der Waals surface area contributed by atoms with Crippen molar-refractivity contribution in [3.63, 3.8) is 0 Å². The molecule has 1 atom stereocenters. The molecule has 0 bridgehead atoms. The van der Waals surface area contributed by atoms with Gasteiger partial charge in [0.1, 0.15) is 5.75 Å². The Morgan fingerprint density at radius 3 is 2.93 bits per heavy atom. The number of nitrogens with zero attached hydrogens (tertiary/aromatic N) is 1. The van der Waals surface area contributed by atoms with Crippen molar-refractivity contribution in [1.82, 2.24) is 4.90 Å². The Morgan fingerprint density at radius 1 is 1.43 bits per heavy atom. The lowest BCUT2D eigenvalue weighted by Crippen LogP contribution is -2.23. The molecule has 0 amide bonds. The lowest BCUT2D eigenvalue weighted by atomic mass is 10.0. The predicted octanol–water partition coefficient (Wildman–Crippen LogP) is 1.95. The maximum Gasteiger partial charge on any atom is 0.156 e. The first-order valence-corrected chi connectivity index (χ1v) is 4.48. The average molecular weight is 191 g/mol. The van der Waals surface area contributed by atoms with Crippen LogP contribution < -0.4 is 0 Å². The first-order chi connectivity index (χ1) is 6.72. The fraction of sp³-hybridized carbons (Fsp3) is 0.273. The van der Waals surface area contributed by atoms with Gasteiger partial charge in [0.25, 0.3) is 0 Å². The molecule has 0 radical (unpaired) electrons. The van der Waals surface area contributed by atoms with Crippen LogP contribution in [0.5, 0.6) is 5.75 Å². The van der Waals surface area contributed by atoms with Crippen molar-refractivity contribution in [1.29, 1.82) is 0 Å². The minimum absolute atomic E-state index is 0.109. The Kier molecular flexibility index (Phi) is 2.17. The Labute approximate surface area is 83.2 Å². The molecule has 0 fully saturated rings. The summed E-state index contributed by atoms with van der Waals surface area (Å²) < 4.78 is 5.35. The monoisotopic (exact) mass is 191 g/mol. The zero-order valence-electron chi connectivity index (χ0n) is 8.27. The largest absolute Gasteiger partial charge is 0.508 e. The molecular weight excluding hydrogens is 178 g/mol. The number of ether oxygens (including phenoxy) is 1. The summed E-state index contributed by atoms with van der Waals surface area (Å²) in [4.78, 5) is 1.96. The minimum atomic E-state index is -0.109. The highest BCUT2D eigenvalue weighted by atomic mass is 16.5. The summed E-state index contributed by atoms with van der Waals surface area (Å²) in [5.74, 6) is 0.273. The third-order valence-corrected chi connectivity index (χ3v) is 2.42. The Bertz CT molecular complexity index is 374. The van der Waals surface area contributed by atoms with Crippen molar-refractivity contribution in [3.8, 4) is 5.75 Å². The van der Waals surface area contributed by atoms with Crippen LogP contribution in [0.15, 0.2) is 24.4 Å². The second-order valence-electron chi connectivity index (χ2n) is 3.38. The quantitative estimate of drug-likeness (QED) is 0.736. The van der Waals surface area contributed by atoms with Gasteiger partial charge in [0, 0.05) is 25.9 Å². The predicted molar refractivity (Wildman–Crippen MR) is 54.7 cm³/mol. The smallest absolute Gasteiger partial charge is 0.156 e. The molecule has 1 aromatic rings. The zero-order valence-corrected chi connectivity index (χ0v) is 8.27. The van der Waals surface area contributed by atoms with Crippen LogP contribution in [0.2, 0.25) is 0 Å². The molecule has 1 heterocycles. The van der Waals surface area contributed by atoms with Crippen LogP contribution in [0.4, 0.5) is 0 Å². The van der Waals surface area contributed by atoms with Gasteiger partial charge >= 0.3 is 0 Å². The van der Waals surface area contributed by atoms with Crippen LogP contribution in [-0.2, 0) is 4.74 Å². The van der Waals surface area contributed by atoms with Gasteiger partial charge in [-0.1, -0.05) is 6.07 Å². The van der Waals surface area contributed by atoms with Crippen molar-refractivity contribution in [2.45, 2.75) is 6.23 Å². The molecule has 2 rings (SSSR count). The molecule has 3 heteroatoms. The summed E-state index contributed by atoms with van der Waals surface area (Å²) in [5, 5.41) is 9.39. The highest BCUT2D eigenvalue weighted by Gasteiger charge is 2.20. The second-order valence-corrected chi connectivity index (χ2v) is 3.38. The van der Waals surface area contributed by atoms with Gasteiger partial charge in [0.05, 0.1) is 0 Å².